The van der Waals surface area contributed by atoms with Crippen molar-refractivity contribution in [2.24, 2.45) is 17.3 Å². The second kappa shape index (κ2) is 13.0. The lowest BCUT2D eigenvalue weighted by Crippen LogP contribution is -2.56. The minimum Gasteiger partial charge on any atom is -0.478 e. The van der Waals surface area contributed by atoms with Gasteiger partial charge in [-0.25, -0.2) is 4.79 Å². The number of carboxylic acids is 1. The van der Waals surface area contributed by atoms with Crippen molar-refractivity contribution in [2.75, 3.05) is 7.05 Å². The van der Waals surface area contributed by atoms with Crippen molar-refractivity contribution in [1.29, 1.82) is 0 Å². The first kappa shape index (κ1) is 28.2. The van der Waals surface area contributed by atoms with Crippen LogP contribution < -0.4 is 5.32 Å². The van der Waals surface area contributed by atoms with Gasteiger partial charge in [-0.2, -0.15) is 0 Å². The lowest BCUT2D eigenvalue weighted by Gasteiger charge is -2.37. The van der Waals surface area contributed by atoms with Gasteiger partial charge in [0.25, 0.3) is 0 Å². The van der Waals surface area contributed by atoms with Crippen molar-refractivity contribution in [2.45, 2.75) is 111 Å². The predicted molar refractivity (Wildman–Crippen MR) is 129 cm³/mol. The van der Waals surface area contributed by atoms with Crippen LogP contribution in [-0.2, 0) is 14.4 Å². The van der Waals surface area contributed by atoms with Gasteiger partial charge in [0.1, 0.15) is 6.04 Å². The van der Waals surface area contributed by atoms with E-state index in [4.69, 9.17) is 0 Å². The quantitative estimate of drug-likeness (QED) is 0.379. The summed E-state index contributed by atoms with van der Waals surface area (Å²) < 4.78 is 0. The fourth-order valence-electron chi connectivity index (χ4n) is 4.96. The van der Waals surface area contributed by atoms with Crippen molar-refractivity contribution in [1.82, 2.24) is 10.2 Å². The minimum atomic E-state index is -0.983. The highest BCUT2D eigenvalue weighted by Crippen LogP contribution is 2.35. The maximum absolute atomic E-state index is 13.7. The Balaban J connectivity index is 3.22. The smallest absolute Gasteiger partial charge is 0.331 e. The molecule has 0 radical (unpaired) electrons. The Kier molecular flexibility index (Phi) is 11.5. The molecule has 6 heteroatoms. The van der Waals surface area contributed by atoms with Gasteiger partial charge in [0.15, 0.2) is 0 Å². The van der Waals surface area contributed by atoms with Gasteiger partial charge in [-0.1, -0.05) is 66.4 Å². The van der Waals surface area contributed by atoms with E-state index in [0.29, 0.717) is 0 Å². The van der Waals surface area contributed by atoms with Crippen molar-refractivity contribution in [3.05, 3.63) is 11.6 Å². The number of hydrogen-bond acceptors (Lipinski definition) is 3. The third kappa shape index (κ3) is 7.08. The Bertz CT molecular complexity index is 661. The van der Waals surface area contributed by atoms with Crippen LogP contribution in [0.1, 0.15) is 99.3 Å². The molecule has 0 aromatic carbocycles. The molecule has 1 aliphatic carbocycles. The summed E-state index contributed by atoms with van der Waals surface area (Å²) in [4.78, 5) is 40.3. The molecule has 6 nitrogen and oxygen atoms in total. The van der Waals surface area contributed by atoms with E-state index < -0.39 is 17.4 Å². The highest BCUT2D eigenvalue weighted by atomic mass is 16.4. The van der Waals surface area contributed by atoms with Crippen molar-refractivity contribution >= 4 is 17.8 Å². The molecule has 0 aromatic rings. The molecule has 0 heterocycles. The fraction of sp³-hybridized carbons (Fsp3) is 0.808. The van der Waals surface area contributed by atoms with E-state index in [1.807, 2.05) is 13.8 Å². The van der Waals surface area contributed by atoms with Gasteiger partial charge in [-0.3, -0.25) is 9.59 Å². The monoisotopic (exact) mass is 450 g/mol. The van der Waals surface area contributed by atoms with E-state index in [-0.39, 0.29) is 35.3 Å². The van der Waals surface area contributed by atoms with Crippen LogP contribution in [-0.4, -0.2) is 46.9 Å². The SMILES string of the molecule is CCCCC(CC)(CC)C(=O)N[C@H](C(=O)N(C)[C@H](/C=C(\C)C(=O)O)C(C)C)C1CCCC1. The Morgan fingerprint density at radius 2 is 1.69 bits per heavy atom. The highest BCUT2D eigenvalue weighted by Gasteiger charge is 2.41. The molecule has 1 saturated carbocycles. The number of carbonyl (C=O) groups is 3. The molecule has 0 bridgehead atoms. The molecule has 32 heavy (non-hydrogen) atoms. The van der Waals surface area contributed by atoms with E-state index in [2.05, 4.69) is 26.1 Å². The van der Waals surface area contributed by atoms with Crippen molar-refractivity contribution in [3.63, 3.8) is 0 Å². The fourth-order valence-corrected chi connectivity index (χ4v) is 4.96. The first-order valence-electron chi connectivity index (χ1n) is 12.5. The molecule has 0 saturated heterocycles. The van der Waals surface area contributed by atoms with E-state index in [0.717, 1.165) is 57.8 Å². The van der Waals surface area contributed by atoms with Crippen LogP contribution in [0.25, 0.3) is 0 Å². The Labute approximate surface area is 195 Å². The van der Waals surface area contributed by atoms with Crippen LogP contribution in [0, 0.1) is 17.3 Å². The number of likely N-dealkylation sites (N-methyl/N-ethyl adjacent to an activating group) is 1. The van der Waals surface area contributed by atoms with Gasteiger partial charge >= 0.3 is 5.97 Å². The summed E-state index contributed by atoms with van der Waals surface area (Å²) in [7, 11) is 1.73. The summed E-state index contributed by atoms with van der Waals surface area (Å²) in [6.07, 6.45) is 10.0. The Hall–Kier alpha value is -1.85. The topological polar surface area (TPSA) is 86.7 Å². The third-order valence-electron chi connectivity index (χ3n) is 7.50. The van der Waals surface area contributed by atoms with Crippen LogP contribution in [0.15, 0.2) is 11.6 Å². The Morgan fingerprint density at radius 1 is 1.12 bits per heavy atom. The minimum absolute atomic E-state index is 0.00652. The molecular weight excluding hydrogens is 404 g/mol. The maximum atomic E-state index is 13.7. The molecule has 0 spiro atoms. The summed E-state index contributed by atoms with van der Waals surface area (Å²) in [5, 5.41) is 12.5. The Morgan fingerprint density at radius 3 is 2.12 bits per heavy atom. The highest BCUT2D eigenvalue weighted by molar-refractivity contribution is 5.91. The van der Waals surface area contributed by atoms with Gasteiger partial charge in [0.2, 0.25) is 11.8 Å². The zero-order valence-electron chi connectivity index (χ0n) is 21.4. The molecule has 1 fully saturated rings. The van der Waals surface area contributed by atoms with Crippen molar-refractivity contribution in [3.8, 4) is 0 Å². The van der Waals surface area contributed by atoms with Gasteiger partial charge in [-0.05, 0) is 50.9 Å². The first-order valence-corrected chi connectivity index (χ1v) is 12.5. The number of unbranched alkanes of at least 4 members (excludes halogenated alkanes) is 1. The maximum Gasteiger partial charge on any atom is 0.331 e. The summed E-state index contributed by atoms with van der Waals surface area (Å²) >= 11 is 0. The number of aliphatic carboxylic acids is 1. The average Bonchev–Trinajstić information content (AvgIpc) is 3.30. The predicted octanol–water partition coefficient (Wildman–Crippen LogP) is 5.17. The van der Waals surface area contributed by atoms with Crippen LogP contribution in [0.5, 0.6) is 0 Å². The normalized spacial score (nSPS) is 17.3. The van der Waals surface area contributed by atoms with Crippen LogP contribution in [0.4, 0.5) is 0 Å². The van der Waals surface area contributed by atoms with E-state index in [1.165, 1.54) is 0 Å². The van der Waals surface area contributed by atoms with Gasteiger partial charge < -0.3 is 15.3 Å². The molecule has 1 rings (SSSR count). The van der Waals surface area contributed by atoms with Crippen LogP contribution in [0.3, 0.4) is 0 Å². The lowest BCUT2D eigenvalue weighted by molar-refractivity contribution is -0.142. The molecule has 0 aliphatic heterocycles. The first-order chi connectivity index (χ1) is 15.0. The summed E-state index contributed by atoms with van der Waals surface area (Å²) in [5.41, 5.74) is -0.219. The average molecular weight is 451 g/mol. The summed E-state index contributed by atoms with van der Waals surface area (Å²) in [6, 6.07) is -0.907. The third-order valence-corrected chi connectivity index (χ3v) is 7.50. The number of nitrogens with one attached hydrogen (secondary N) is 1. The zero-order chi connectivity index (χ0) is 24.5. The standard InChI is InChI=1S/C26H46N2O4/c1-8-11-16-26(9-2,10-3)25(32)27-22(20-14-12-13-15-20)23(29)28(7)21(18(4)5)17-19(6)24(30)31/h17-18,20-22H,8-16H2,1-7H3,(H,27,32)(H,30,31)/b19-17+/t21-,22+/m1/s1. The molecular formula is C26H46N2O4. The second-order valence-corrected chi connectivity index (χ2v) is 9.93. The molecule has 2 N–H and O–H groups in total. The number of nitrogens with zero attached hydrogens (tertiary/aromatic N) is 1. The second-order valence-electron chi connectivity index (χ2n) is 9.93. The van der Waals surface area contributed by atoms with E-state index in [9.17, 15) is 19.5 Å². The molecule has 2 atom stereocenters. The summed E-state index contributed by atoms with van der Waals surface area (Å²) in [5.74, 6) is -0.927. The largest absolute Gasteiger partial charge is 0.478 e. The zero-order valence-corrected chi connectivity index (χ0v) is 21.4. The number of rotatable bonds is 13. The number of amides is 2. The van der Waals surface area contributed by atoms with Gasteiger partial charge in [0.05, 0.1) is 6.04 Å². The van der Waals surface area contributed by atoms with E-state index in [1.54, 1.807) is 24.9 Å². The summed E-state index contributed by atoms with van der Waals surface area (Å²) in [6.45, 7) is 11.8. The van der Waals surface area contributed by atoms with Crippen LogP contribution >= 0.6 is 0 Å². The molecule has 2 amide bonds. The molecule has 0 aromatic heterocycles. The molecule has 0 unspecified atom stereocenters. The lowest BCUT2D eigenvalue weighted by atomic mass is 9.76. The number of carboxylic acid groups (broad SMARTS) is 1. The number of hydrogen-bond donors (Lipinski definition) is 2. The molecule has 184 valence electrons. The number of carbonyl (C=O) groups excluding carboxylic acids is 2. The van der Waals surface area contributed by atoms with Crippen molar-refractivity contribution < 1.29 is 19.5 Å². The van der Waals surface area contributed by atoms with E-state index >= 15 is 0 Å². The van der Waals surface area contributed by atoms with Gasteiger partial charge in [-0.15, -0.1) is 0 Å². The molecule has 1 aliphatic rings. The van der Waals surface area contributed by atoms with Crippen LogP contribution in [0.2, 0.25) is 0 Å². The van der Waals surface area contributed by atoms with Gasteiger partial charge in [0, 0.05) is 18.0 Å².